The fourth-order valence-corrected chi connectivity index (χ4v) is 6.15. The Morgan fingerprint density at radius 1 is 0.840 bits per heavy atom. The van der Waals surface area contributed by atoms with E-state index in [-0.39, 0.29) is 18.9 Å². The monoisotopic (exact) mass is 665 g/mol. The predicted molar refractivity (Wildman–Crippen MR) is 195 cm³/mol. The van der Waals surface area contributed by atoms with Crippen molar-refractivity contribution >= 4 is 17.5 Å². The number of rotatable bonds is 15. The van der Waals surface area contributed by atoms with Crippen LogP contribution in [0.25, 0.3) is 21.6 Å². The molecule has 1 aliphatic rings. The summed E-state index contributed by atoms with van der Waals surface area (Å²) < 4.78 is 12.5. The molecule has 0 radical (unpaired) electrons. The number of aryl methyl sites for hydroxylation is 1. The number of aliphatic hydroxyl groups is 1. The van der Waals surface area contributed by atoms with Crippen molar-refractivity contribution in [2.75, 3.05) is 19.8 Å². The molecule has 9 nitrogen and oxygen atoms in total. The smallest absolute Gasteiger partial charge is 0.252 e. The van der Waals surface area contributed by atoms with Gasteiger partial charge in [0, 0.05) is 42.2 Å². The van der Waals surface area contributed by atoms with Gasteiger partial charge in [-0.2, -0.15) is 0 Å². The van der Waals surface area contributed by atoms with E-state index < -0.39 is 11.6 Å². The van der Waals surface area contributed by atoms with Crippen LogP contribution in [0.4, 0.5) is 5.69 Å². The van der Waals surface area contributed by atoms with Crippen LogP contribution in [0.2, 0.25) is 0 Å². The number of hydrogen-bond donors (Lipinski definition) is 2. The number of benzene rings is 5. The Labute approximate surface area is 291 Å². The first-order valence-corrected chi connectivity index (χ1v) is 16.8. The number of amides is 1. The zero-order chi connectivity index (χ0) is 34.6. The third-order valence-electron chi connectivity index (χ3n) is 8.73. The molecule has 0 aromatic heterocycles. The third kappa shape index (κ3) is 8.04. The summed E-state index contributed by atoms with van der Waals surface area (Å²) >= 11 is 0. The van der Waals surface area contributed by atoms with Gasteiger partial charge in [-0.25, -0.2) is 4.99 Å². The van der Waals surface area contributed by atoms with E-state index in [4.69, 9.17) is 19.6 Å². The van der Waals surface area contributed by atoms with Crippen molar-refractivity contribution in [3.8, 4) is 16.9 Å². The summed E-state index contributed by atoms with van der Waals surface area (Å²) in [7, 11) is 0. The Morgan fingerprint density at radius 3 is 2.22 bits per heavy atom. The summed E-state index contributed by atoms with van der Waals surface area (Å²) in [6.45, 7) is 0.889. The minimum absolute atomic E-state index is 0.0512. The number of aliphatic imine (C=N–C) groups is 1. The zero-order valence-electron chi connectivity index (χ0n) is 27.7. The maximum atomic E-state index is 14.7. The maximum absolute atomic E-state index is 14.7. The minimum atomic E-state index is -1.44. The standard InChI is InChI=1S/C41H39N5O4/c42-46-45-37-17-8-7-16-35(37)29-41(40(48)43-26-9-13-30-11-3-1-4-12-30)38(33-20-18-32(19-21-33)31-14-5-2-6-15-31)50-39(44-41)34-22-24-36(25-23-34)49-28-10-27-47/h1-8,11-12,14-25,38,47H,9-10,13,26-29H2,(H,43,48)/t38-,41-/m1/s1. The highest BCUT2D eigenvalue weighted by atomic mass is 16.5. The van der Waals surface area contributed by atoms with Gasteiger partial charge in [-0.15, -0.1) is 0 Å². The van der Waals surface area contributed by atoms with Crippen molar-refractivity contribution < 1.29 is 19.4 Å². The number of nitrogens with zero attached hydrogens (tertiary/aromatic N) is 4. The van der Waals surface area contributed by atoms with Crippen LogP contribution in [0.1, 0.15) is 41.2 Å². The van der Waals surface area contributed by atoms with Gasteiger partial charge in [0.15, 0.2) is 11.6 Å². The highest BCUT2D eigenvalue weighted by molar-refractivity contribution is 6.01. The summed E-state index contributed by atoms with van der Waals surface area (Å²) in [5, 5.41) is 16.2. The maximum Gasteiger partial charge on any atom is 0.252 e. The minimum Gasteiger partial charge on any atom is -0.494 e. The van der Waals surface area contributed by atoms with Crippen LogP contribution in [-0.2, 0) is 22.4 Å². The van der Waals surface area contributed by atoms with Gasteiger partial charge in [-0.05, 0) is 70.5 Å². The van der Waals surface area contributed by atoms with Gasteiger partial charge in [-0.1, -0.05) is 114 Å². The molecule has 252 valence electrons. The van der Waals surface area contributed by atoms with Gasteiger partial charge in [0.25, 0.3) is 5.91 Å². The summed E-state index contributed by atoms with van der Waals surface area (Å²) in [4.78, 5) is 22.8. The Morgan fingerprint density at radius 2 is 1.50 bits per heavy atom. The van der Waals surface area contributed by atoms with Crippen molar-refractivity contribution in [3.05, 3.63) is 166 Å². The molecule has 2 atom stereocenters. The van der Waals surface area contributed by atoms with E-state index in [1.807, 2.05) is 97.1 Å². The molecule has 1 aliphatic heterocycles. The summed E-state index contributed by atoms with van der Waals surface area (Å²) in [6.07, 6.45) is 1.42. The molecular formula is C41H39N5O4. The number of hydrogen-bond acceptors (Lipinski definition) is 6. The topological polar surface area (TPSA) is 129 Å². The Balaban J connectivity index is 1.39. The van der Waals surface area contributed by atoms with Crippen molar-refractivity contribution in [2.24, 2.45) is 10.1 Å². The SMILES string of the molecule is [N-]=[N+]=Nc1ccccc1C[C@@]1(C(=O)NCCCc2ccccc2)N=C(c2ccc(OCCCO)cc2)O[C@@H]1c1ccc(-c2ccccc2)cc1. The van der Waals surface area contributed by atoms with Gasteiger partial charge >= 0.3 is 0 Å². The zero-order valence-corrected chi connectivity index (χ0v) is 27.7. The first-order chi connectivity index (χ1) is 24.6. The fourth-order valence-electron chi connectivity index (χ4n) is 6.15. The molecule has 9 heteroatoms. The fraction of sp³-hybridized carbons (Fsp3) is 0.220. The molecule has 0 aliphatic carbocycles. The molecule has 5 aromatic carbocycles. The van der Waals surface area contributed by atoms with Crippen LogP contribution >= 0.6 is 0 Å². The predicted octanol–water partition coefficient (Wildman–Crippen LogP) is 8.31. The molecule has 0 saturated heterocycles. The molecule has 0 saturated carbocycles. The van der Waals surface area contributed by atoms with Crippen molar-refractivity contribution in [3.63, 3.8) is 0 Å². The van der Waals surface area contributed by atoms with Crippen LogP contribution < -0.4 is 10.1 Å². The second kappa shape index (κ2) is 16.5. The average molecular weight is 666 g/mol. The van der Waals surface area contributed by atoms with E-state index in [1.54, 1.807) is 12.1 Å². The van der Waals surface area contributed by atoms with E-state index in [0.717, 1.165) is 29.5 Å². The van der Waals surface area contributed by atoms with Crippen LogP contribution in [0.15, 0.2) is 144 Å². The molecule has 5 aromatic rings. The number of azide groups is 1. The molecule has 2 N–H and O–H groups in total. The molecule has 0 unspecified atom stereocenters. The molecular weight excluding hydrogens is 626 g/mol. The van der Waals surface area contributed by atoms with Crippen LogP contribution in [-0.4, -0.2) is 42.2 Å². The van der Waals surface area contributed by atoms with Crippen LogP contribution in [0, 0.1) is 0 Å². The second-order valence-corrected chi connectivity index (χ2v) is 12.1. The van der Waals surface area contributed by atoms with Crippen molar-refractivity contribution in [1.29, 1.82) is 0 Å². The Bertz CT molecular complexity index is 1940. The third-order valence-corrected chi connectivity index (χ3v) is 8.73. The lowest BCUT2D eigenvalue weighted by Gasteiger charge is -2.31. The molecule has 1 heterocycles. The van der Waals surface area contributed by atoms with E-state index >= 15 is 0 Å². The largest absolute Gasteiger partial charge is 0.494 e. The lowest BCUT2D eigenvalue weighted by molar-refractivity contribution is -0.128. The normalized spacial score (nSPS) is 16.5. The first kappa shape index (κ1) is 34.0. The summed E-state index contributed by atoms with van der Waals surface area (Å²) in [5.74, 6) is 0.696. The van der Waals surface area contributed by atoms with Gasteiger partial charge in [0.05, 0.1) is 6.61 Å². The quantitative estimate of drug-likeness (QED) is 0.0504. The second-order valence-electron chi connectivity index (χ2n) is 12.1. The van der Waals surface area contributed by atoms with Crippen LogP contribution in [0.5, 0.6) is 5.75 Å². The van der Waals surface area contributed by atoms with Crippen molar-refractivity contribution in [1.82, 2.24) is 5.32 Å². The van der Waals surface area contributed by atoms with E-state index in [1.165, 1.54) is 5.56 Å². The lowest BCUT2D eigenvalue weighted by atomic mass is 9.81. The number of ether oxygens (including phenoxy) is 2. The van der Waals surface area contributed by atoms with E-state index in [2.05, 4.69) is 39.6 Å². The van der Waals surface area contributed by atoms with E-state index in [9.17, 15) is 10.3 Å². The number of nitrogens with one attached hydrogen (secondary N) is 1. The summed E-state index contributed by atoms with van der Waals surface area (Å²) in [6, 6.07) is 42.9. The molecule has 6 rings (SSSR count). The Hall–Kier alpha value is -5.89. The van der Waals surface area contributed by atoms with Gasteiger partial charge < -0.3 is 19.9 Å². The van der Waals surface area contributed by atoms with Crippen molar-refractivity contribution in [2.45, 2.75) is 37.3 Å². The molecule has 1 amide bonds. The molecule has 0 fully saturated rings. The van der Waals surface area contributed by atoms with Crippen LogP contribution in [0.3, 0.4) is 0 Å². The Kier molecular flexibility index (Phi) is 11.2. The molecule has 0 spiro atoms. The number of carbonyl (C=O) groups is 1. The summed E-state index contributed by atoms with van der Waals surface area (Å²) in [5.41, 5.74) is 13.8. The average Bonchev–Trinajstić information content (AvgIpc) is 3.56. The van der Waals surface area contributed by atoms with Gasteiger partial charge in [0.1, 0.15) is 5.75 Å². The van der Waals surface area contributed by atoms with Gasteiger partial charge in [0.2, 0.25) is 5.90 Å². The first-order valence-electron chi connectivity index (χ1n) is 16.8. The highest BCUT2D eigenvalue weighted by Crippen LogP contribution is 2.44. The lowest BCUT2D eigenvalue weighted by Crippen LogP contribution is -2.50. The van der Waals surface area contributed by atoms with Gasteiger partial charge in [-0.3, -0.25) is 4.79 Å². The highest BCUT2D eigenvalue weighted by Gasteiger charge is 2.53. The molecule has 0 bridgehead atoms. The number of aliphatic hydroxyl groups excluding tert-OH is 1. The molecule has 50 heavy (non-hydrogen) atoms. The number of carbonyl (C=O) groups excluding carboxylic acids is 1. The van der Waals surface area contributed by atoms with E-state index in [0.29, 0.717) is 48.0 Å².